The van der Waals surface area contributed by atoms with Gasteiger partial charge in [0.1, 0.15) is 5.82 Å². The summed E-state index contributed by atoms with van der Waals surface area (Å²) >= 11 is 0. The van der Waals surface area contributed by atoms with Crippen molar-refractivity contribution >= 4 is 5.91 Å². The van der Waals surface area contributed by atoms with Crippen LogP contribution in [0.4, 0.5) is 4.39 Å². The highest BCUT2D eigenvalue weighted by atomic mass is 19.1. The van der Waals surface area contributed by atoms with Crippen LogP contribution in [0.2, 0.25) is 0 Å². The molecule has 0 fully saturated rings. The first-order valence-corrected chi connectivity index (χ1v) is 6.93. The molecular weight excluding hydrogens is 267 g/mol. The lowest BCUT2D eigenvalue weighted by Crippen LogP contribution is -2.28. The molecule has 4 heteroatoms. The van der Waals surface area contributed by atoms with Crippen molar-refractivity contribution in [1.82, 2.24) is 5.32 Å². The number of rotatable bonds is 5. The topological polar surface area (TPSA) is 55.1 Å². The molecule has 21 heavy (non-hydrogen) atoms. The summed E-state index contributed by atoms with van der Waals surface area (Å²) in [4.78, 5) is 11.9. The number of nitrogens with two attached hydrogens (primary N) is 1. The molecule has 2 aromatic rings. The molecule has 2 rings (SSSR count). The lowest BCUT2D eigenvalue weighted by molar-refractivity contribution is 0.0948. The van der Waals surface area contributed by atoms with E-state index >= 15 is 0 Å². The van der Waals surface area contributed by atoms with Gasteiger partial charge in [-0.05, 0) is 31.0 Å². The Morgan fingerprint density at radius 1 is 1.24 bits per heavy atom. The average Bonchev–Trinajstić information content (AvgIpc) is 2.50. The minimum atomic E-state index is -0.509. The SMILES string of the molecule is Cc1ccc(F)c(C(=O)NCCC(N)c2ccccc2)c1. The first-order chi connectivity index (χ1) is 10.1. The van der Waals surface area contributed by atoms with Crippen LogP contribution in [0, 0.1) is 12.7 Å². The number of halogens is 1. The number of hydrogen-bond donors (Lipinski definition) is 2. The number of carbonyl (C=O) groups is 1. The summed E-state index contributed by atoms with van der Waals surface area (Å²) in [5, 5.41) is 2.71. The van der Waals surface area contributed by atoms with E-state index < -0.39 is 11.7 Å². The molecule has 2 aromatic carbocycles. The fourth-order valence-electron chi connectivity index (χ4n) is 2.12. The zero-order chi connectivity index (χ0) is 15.2. The van der Waals surface area contributed by atoms with E-state index in [1.54, 1.807) is 12.1 Å². The molecule has 0 aliphatic rings. The largest absolute Gasteiger partial charge is 0.352 e. The molecule has 1 amide bonds. The highest BCUT2D eigenvalue weighted by Crippen LogP contribution is 2.13. The second-order valence-electron chi connectivity index (χ2n) is 5.05. The predicted octanol–water partition coefficient (Wildman–Crippen LogP) is 2.95. The van der Waals surface area contributed by atoms with E-state index in [0.29, 0.717) is 13.0 Å². The van der Waals surface area contributed by atoms with Crippen molar-refractivity contribution in [3.05, 3.63) is 71.0 Å². The fourth-order valence-corrected chi connectivity index (χ4v) is 2.12. The molecule has 0 aromatic heterocycles. The van der Waals surface area contributed by atoms with Gasteiger partial charge < -0.3 is 11.1 Å². The minimum Gasteiger partial charge on any atom is -0.352 e. The summed E-state index contributed by atoms with van der Waals surface area (Å²) in [6, 6.07) is 14.0. The highest BCUT2D eigenvalue weighted by molar-refractivity contribution is 5.94. The molecule has 1 unspecified atom stereocenters. The Bertz CT molecular complexity index is 613. The smallest absolute Gasteiger partial charge is 0.254 e. The molecule has 0 heterocycles. The van der Waals surface area contributed by atoms with E-state index in [2.05, 4.69) is 5.32 Å². The Labute approximate surface area is 124 Å². The van der Waals surface area contributed by atoms with Crippen LogP contribution in [-0.4, -0.2) is 12.5 Å². The quantitative estimate of drug-likeness (QED) is 0.888. The van der Waals surface area contributed by atoms with Crippen LogP contribution < -0.4 is 11.1 Å². The van der Waals surface area contributed by atoms with Crippen LogP contribution in [0.5, 0.6) is 0 Å². The highest BCUT2D eigenvalue weighted by Gasteiger charge is 2.12. The normalized spacial score (nSPS) is 12.0. The Balaban J connectivity index is 1.88. The van der Waals surface area contributed by atoms with Crippen molar-refractivity contribution in [1.29, 1.82) is 0 Å². The molecule has 0 saturated carbocycles. The van der Waals surface area contributed by atoms with Crippen molar-refractivity contribution in [3.8, 4) is 0 Å². The molecular formula is C17H19FN2O. The molecule has 0 saturated heterocycles. The first-order valence-electron chi connectivity index (χ1n) is 6.93. The molecule has 0 bridgehead atoms. The molecule has 3 nitrogen and oxygen atoms in total. The number of aryl methyl sites for hydroxylation is 1. The van der Waals surface area contributed by atoms with Crippen molar-refractivity contribution in [2.45, 2.75) is 19.4 Å². The zero-order valence-electron chi connectivity index (χ0n) is 12.0. The van der Waals surface area contributed by atoms with Crippen molar-refractivity contribution in [3.63, 3.8) is 0 Å². The van der Waals surface area contributed by atoms with E-state index in [1.165, 1.54) is 6.07 Å². The molecule has 0 aliphatic heterocycles. The van der Waals surface area contributed by atoms with Gasteiger partial charge in [0.15, 0.2) is 0 Å². The van der Waals surface area contributed by atoms with Crippen molar-refractivity contribution in [2.75, 3.05) is 6.54 Å². The lowest BCUT2D eigenvalue weighted by Gasteiger charge is -2.13. The maximum Gasteiger partial charge on any atom is 0.254 e. The van der Waals surface area contributed by atoms with Crippen LogP contribution in [0.15, 0.2) is 48.5 Å². The maximum absolute atomic E-state index is 13.6. The Morgan fingerprint density at radius 3 is 2.67 bits per heavy atom. The molecule has 0 aliphatic carbocycles. The van der Waals surface area contributed by atoms with Crippen LogP contribution >= 0.6 is 0 Å². The number of carbonyl (C=O) groups excluding carboxylic acids is 1. The third kappa shape index (κ3) is 4.13. The van der Waals surface area contributed by atoms with Gasteiger partial charge in [0.05, 0.1) is 5.56 Å². The van der Waals surface area contributed by atoms with Crippen molar-refractivity contribution < 1.29 is 9.18 Å². The molecule has 3 N–H and O–H groups in total. The molecule has 110 valence electrons. The number of hydrogen-bond acceptors (Lipinski definition) is 2. The average molecular weight is 286 g/mol. The summed E-state index contributed by atoms with van der Waals surface area (Å²) in [6.45, 7) is 2.23. The molecule has 1 atom stereocenters. The summed E-state index contributed by atoms with van der Waals surface area (Å²) in [5.41, 5.74) is 7.99. The second-order valence-corrected chi connectivity index (χ2v) is 5.05. The van der Waals surface area contributed by atoms with Crippen molar-refractivity contribution in [2.24, 2.45) is 5.73 Å². The molecule has 0 spiro atoms. The van der Waals surface area contributed by atoms with Gasteiger partial charge in [-0.3, -0.25) is 4.79 Å². The van der Waals surface area contributed by atoms with Gasteiger partial charge in [0.25, 0.3) is 5.91 Å². The van der Waals surface area contributed by atoms with Gasteiger partial charge in [-0.2, -0.15) is 0 Å². The summed E-state index contributed by atoms with van der Waals surface area (Å²) in [5.74, 6) is -0.915. The van der Waals surface area contributed by atoms with Gasteiger partial charge >= 0.3 is 0 Å². The third-order valence-corrected chi connectivity index (χ3v) is 3.34. The third-order valence-electron chi connectivity index (χ3n) is 3.34. The second kappa shape index (κ2) is 6.99. The number of benzene rings is 2. The number of amides is 1. The summed E-state index contributed by atoms with van der Waals surface area (Å²) in [7, 11) is 0. The standard InChI is InChI=1S/C17H19FN2O/c1-12-7-8-15(18)14(11-12)17(21)20-10-9-16(19)13-5-3-2-4-6-13/h2-8,11,16H,9-10,19H2,1H3,(H,20,21). The molecule has 0 radical (unpaired) electrons. The van der Waals surface area contributed by atoms with E-state index in [-0.39, 0.29) is 11.6 Å². The first kappa shape index (κ1) is 15.2. The predicted molar refractivity (Wildman–Crippen MR) is 81.5 cm³/mol. The zero-order valence-corrected chi connectivity index (χ0v) is 12.0. The van der Waals surface area contributed by atoms with E-state index in [0.717, 1.165) is 11.1 Å². The Hall–Kier alpha value is -2.20. The van der Waals surface area contributed by atoms with Gasteiger partial charge in [-0.25, -0.2) is 4.39 Å². The summed E-state index contributed by atoms with van der Waals surface area (Å²) in [6.07, 6.45) is 0.600. The number of nitrogens with one attached hydrogen (secondary N) is 1. The van der Waals surface area contributed by atoms with Gasteiger partial charge in [0.2, 0.25) is 0 Å². The van der Waals surface area contributed by atoms with Crippen LogP contribution in [0.25, 0.3) is 0 Å². The van der Waals surface area contributed by atoms with E-state index in [1.807, 2.05) is 37.3 Å². The van der Waals surface area contributed by atoms with Crippen LogP contribution in [0.3, 0.4) is 0 Å². The van der Waals surface area contributed by atoms with Crippen LogP contribution in [0.1, 0.15) is 33.9 Å². The van der Waals surface area contributed by atoms with E-state index in [9.17, 15) is 9.18 Å². The fraction of sp³-hybridized carbons (Fsp3) is 0.235. The van der Waals surface area contributed by atoms with Crippen LogP contribution in [-0.2, 0) is 0 Å². The minimum absolute atomic E-state index is 0.0725. The summed E-state index contributed by atoms with van der Waals surface area (Å²) < 4.78 is 13.6. The van der Waals surface area contributed by atoms with Gasteiger partial charge in [0, 0.05) is 12.6 Å². The Kier molecular flexibility index (Phi) is 5.06. The maximum atomic E-state index is 13.6. The van der Waals surface area contributed by atoms with E-state index in [4.69, 9.17) is 5.73 Å². The Morgan fingerprint density at radius 2 is 1.95 bits per heavy atom. The van der Waals surface area contributed by atoms with Gasteiger partial charge in [-0.1, -0.05) is 42.0 Å². The van der Waals surface area contributed by atoms with Gasteiger partial charge in [-0.15, -0.1) is 0 Å². The monoisotopic (exact) mass is 286 g/mol. The lowest BCUT2D eigenvalue weighted by atomic mass is 10.0.